The molecule has 3 N–H and O–H groups in total. The van der Waals surface area contributed by atoms with E-state index < -0.39 is 40.4 Å². The molecule has 0 radical (unpaired) electrons. The predicted octanol–water partition coefficient (Wildman–Crippen LogP) is 3.50. The highest BCUT2D eigenvalue weighted by Gasteiger charge is 2.66. The van der Waals surface area contributed by atoms with Crippen molar-refractivity contribution in [2.75, 3.05) is 5.32 Å². The Morgan fingerprint density at radius 1 is 1.17 bits per heavy atom. The van der Waals surface area contributed by atoms with Crippen LogP contribution in [0, 0.1) is 5.82 Å². The third-order valence-corrected chi connectivity index (χ3v) is 4.87. The lowest BCUT2D eigenvalue weighted by Gasteiger charge is -2.47. The predicted molar refractivity (Wildman–Crippen MR) is 100 cm³/mol. The molecule has 2 aromatic rings. The minimum atomic E-state index is -3.63. The second-order valence-electron chi connectivity index (χ2n) is 7.11. The molecule has 1 aromatic carbocycles. The van der Waals surface area contributed by atoms with E-state index in [0.29, 0.717) is 0 Å². The van der Waals surface area contributed by atoms with Crippen molar-refractivity contribution in [3.63, 3.8) is 0 Å². The highest BCUT2D eigenvalue weighted by molar-refractivity contribution is 6.29. The molecule has 154 valence electrons. The van der Waals surface area contributed by atoms with Crippen LogP contribution < -0.4 is 11.1 Å². The lowest BCUT2D eigenvalue weighted by atomic mass is 9.78. The first kappa shape index (κ1) is 20.8. The van der Waals surface area contributed by atoms with Crippen molar-refractivity contribution < 1.29 is 22.7 Å². The largest absolute Gasteiger partial charge is 0.448 e. The zero-order valence-corrected chi connectivity index (χ0v) is 16.4. The number of carbonyl (C=O) groups excluding carboxylic acids is 1. The van der Waals surface area contributed by atoms with Crippen molar-refractivity contribution in [1.29, 1.82) is 0 Å². The van der Waals surface area contributed by atoms with Crippen molar-refractivity contribution in [1.82, 2.24) is 10.2 Å². The summed E-state index contributed by atoms with van der Waals surface area (Å²) in [6.07, 6.45) is 0. The van der Waals surface area contributed by atoms with Gasteiger partial charge in [0, 0.05) is 11.3 Å². The maximum Gasteiger partial charge on any atom is 0.315 e. The normalized spacial score (nSPS) is 22.4. The number of alkyl halides is 2. The van der Waals surface area contributed by atoms with Gasteiger partial charge in [-0.1, -0.05) is 11.6 Å². The molecule has 29 heavy (non-hydrogen) atoms. The van der Waals surface area contributed by atoms with Crippen LogP contribution in [0.3, 0.4) is 0 Å². The highest BCUT2D eigenvalue weighted by atomic mass is 35.5. The van der Waals surface area contributed by atoms with Gasteiger partial charge in [-0.25, -0.2) is 9.38 Å². The number of anilines is 1. The van der Waals surface area contributed by atoms with E-state index >= 15 is 8.78 Å². The summed E-state index contributed by atoms with van der Waals surface area (Å²) in [6.45, 7) is 3.36. The summed E-state index contributed by atoms with van der Waals surface area (Å²) in [5.74, 6) is -5.27. The number of carbonyl (C=O) groups is 1. The summed E-state index contributed by atoms with van der Waals surface area (Å²) in [7, 11) is 0. The molecule has 0 unspecified atom stereocenters. The SMILES string of the molecule is CC1(C)N=C(N)O[C@](C)(c2cc(NC(=O)c3ccc(Cl)nn3)ccc2F)C1(F)F. The van der Waals surface area contributed by atoms with Gasteiger partial charge in [-0.15, -0.1) is 10.2 Å². The van der Waals surface area contributed by atoms with Crippen LogP contribution in [0.25, 0.3) is 0 Å². The van der Waals surface area contributed by atoms with Gasteiger partial charge in [-0.2, -0.15) is 8.78 Å². The van der Waals surface area contributed by atoms with E-state index in [4.69, 9.17) is 22.1 Å². The van der Waals surface area contributed by atoms with Crippen molar-refractivity contribution in [2.45, 2.75) is 37.8 Å². The molecular formula is C18H17ClF3N5O2. The van der Waals surface area contributed by atoms with Gasteiger partial charge in [0.25, 0.3) is 11.9 Å². The average Bonchev–Trinajstić information content (AvgIpc) is 2.61. The summed E-state index contributed by atoms with van der Waals surface area (Å²) in [5.41, 5.74) is 0.648. The van der Waals surface area contributed by atoms with Crippen LogP contribution in [0.1, 0.15) is 36.8 Å². The Balaban J connectivity index is 2.00. The average molecular weight is 428 g/mol. The minimum absolute atomic E-state index is 0.0441. The number of halogens is 4. The standard InChI is InChI=1S/C18H17ClF3N5O2/c1-16(2)18(21,22)17(3,29-15(23)25-16)10-8-9(4-5-11(10)20)24-14(28)12-6-7-13(19)27-26-12/h4-8H,1-3H3,(H2,23,25)(H,24,28)/t17-/m1/s1. The molecule has 11 heteroatoms. The molecule has 1 aliphatic heterocycles. The molecule has 1 amide bonds. The summed E-state index contributed by atoms with van der Waals surface area (Å²) in [6, 6.07) is 5.41. The Kier molecular flexibility index (Phi) is 4.94. The number of aliphatic imine (C=N–C) groups is 1. The molecule has 1 aromatic heterocycles. The van der Waals surface area contributed by atoms with Gasteiger partial charge in [0.15, 0.2) is 10.8 Å². The van der Waals surface area contributed by atoms with Crippen molar-refractivity contribution in [3.8, 4) is 0 Å². The molecule has 3 rings (SSSR count). The van der Waals surface area contributed by atoms with Crippen LogP contribution in [0.15, 0.2) is 35.3 Å². The first-order valence-electron chi connectivity index (χ1n) is 8.40. The second-order valence-corrected chi connectivity index (χ2v) is 7.50. The number of nitrogens with one attached hydrogen (secondary N) is 1. The van der Waals surface area contributed by atoms with E-state index in [2.05, 4.69) is 20.5 Å². The fourth-order valence-electron chi connectivity index (χ4n) is 3.05. The first-order valence-corrected chi connectivity index (χ1v) is 8.78. The van der Waals surface area contributed by atoms with Gasteiger partial charge in [0.2, 0.25) is 5.60 Å². The second kappa shape index (κ2) is 6.87. The molecule has 0 fully saturated rings. The molecule has 1 atom stereocenters. The number of benzene rings is 1. The molecule has 1 aliphatic rings. The maximum absolute atomic E-state index is 15.2. The fraction of sp³-hybridized carbons (Fsp3) is 0.333. The van der Waals surface area contributed by atoms with Gasteiger partial charge in [-0.05, 0) is 51.1 Å². The van der Waals surface area contributed by atoms with E-state index in [1.165, 1.54) is 32.0 Å². The number of nitrogens with two attached hydrogens (primary N) is 1. The lowest BCUT2D eigenvalue weighted by Crippen LogP contribution is -2.62. The molecule has 7 nitrogen and oxygen atoms in total. The number of nitrogens with zero attached hydrogens (tertiary/aromatic N) is 3. The van der Waals surface area contributed by atoms with Crippen LogP contribution in [0.2, 0.25) is 5.15 Å². The molecular weight excluding hydrogens is 411 g/mol. The zero-order valence-electron chi connectivity index (χ0n) is 15.6. The topological polar surface area (TPSA) is 102 Å². The Morgan fingerprint density at radius 2 is 1.86 bits per heavy atom. The zero-order chi connectivity index (χ0) is 21.6. The molecule has 0 bridgehead atoms. The van der Waals surface area contributed by atoms with Gasteiger partial charge in [-0.3, -0.25) is 4.79 Å². The third-order valence-electron chi connectivity index (χ3n) is 4.67. The van der Waals surface area contributed by atoms with Gasteiger partial charge >= 0.3 is 5.92 Å². The maximum atomic E-state index is 15.2. The number of ether oxygens (including phenoxy) is 1. The lowest BCUT2D eigenvalue weighted by molar-refractivity contribution is -0.215. The van der Waals surface area contributed by atoms with Crippen LogP contribution in [-0.4, -0.2) is 33.6 Å². The highest BCUT2D eigenvalue weighted by Crippen LogP contribution is 2.51. The molecule has 2 heterocycles. The molecule has 0 saturated carbocycles. The Morgan fingerprint density at radius 3 is 2.48 bits per heavy atom. The number of hydrogen-bond acceptors (Lipinski definition) is 6. The number of hydrogen-bond donors (Lipinski definition) is 2. The third kappa shape index (κ3) is 3.48. The van der Waals surface area contributed by atoms with Crippen molar-refractivity contribution in [3.05, 3.63) is 52.6 Å². The van der Waals surface area contributed by atoms with E-state index in [0.717, 1.165) is 19.1 Å². The Hall–Kier alpha value is -2.88. The van der Waals surface area contributed by atoms with Crippen molar-refractivity contribution >= 4 is 29.2 Å². The van der Waals surface area contributed by atoms with Gasteiger partial charge in [0.1, 0.15) is 11.4 Å². The minimum Gasteiger partial charge on any atom is -0.448 e. The Labute approximate surface area is 169 Å². The van der Waals surface area contributed by atoms with Crippen LogP contribution in [0.5, 0.6) is 0 Å². The smallest absolute Gasteiger partial charge is 0.315 e. The number of amides is 1. The summed E-state index contributed by atoms with van der Waals surface area (Å²) >= 11 is 5.63. The summed E-state index contributed by atoms with van der Waals surface area (Å²) in [5, 5.41) is 9.72. The first-order chi connectivity index (χ1) is 13.4. The van der Waals surface area contributed by atoms with E-state index in [-0.39, 0.29) is 16.5 Å². The summed E-state index contributed by atoms with van der Waals surface area (Å²) < 4.78 is 50.1. The number of aromatic nitrogens is 2. The number of amidine groups is 1. The van der Waals surface area contributed by atoms with E-state index in [1.807, 2.05) is 0 Å². The van der Waals surface area contributed by atoms with Gasteiger partial charge in [0.05, 0.1) is 0 Å². The van der Waals surface area contributed by atoms with Gasteiger partial charge < -0.3 is 15.8 Å². The molecule has 0 aliphatic carbocycles. The van der Waals surface area contributed by atoms with Crippen LogP contribution >= 0.6 is 11.6 Å². The van der Waals surface area contributed by atoms with Crippen LogP contribution in [0.4, 0.5) is 18.9 Å². The molecule has 0 spiro atoms. The monoisotopic (exact) mass is 427 g/mol. The number of rotatable bonds is 3. The van der Waals surface area contributed by atoms with E-state index in [9.17, 15) is 9.18 Å². The quantitative estimate of drug-likeness (QED) is 0.780. The molecule has 0 saturated heterocycles. The van der Waals surface area contributed by atoms with Crippen molar-refractivity contribution in [2.24, 2.45) is 10.7 Å². The fourth-order valence-corrected chi connectivity index (χ4v) is 3.15. The van der Waals surface area contributed by atoms with Crippen LogP contribution in [-0.2, 0) is 10.3 Å². The summed E-state index contributed by atoms with van der Waals surface area (Å²) in [4.78, 5) is 15.9. The van der Waals surface area contributed by atoms with E-state index in [1.54, 1.807) is 0 Å². The Bertz CT molecular complexity index is 997.